The first-order valence-corrected chi connectivity index (χ1v) is 7.84. The smallest absolute Gasteiger partial charge is 0.0594 e. The fourth-order valence-electron chi connectivity index (χ4n) is 2.74. The molecule has 0 saturated carbocycles. The lowest BCUT2D eigenvalue weighted by Crippen LogP contribution is -2.44. The Morgan fingerprint density at radius 2 is 1.59 bits per heavy atom. The van der Waals surface area contributed by atoms with Gasteiger partial charge in [-0.15, -0.1) is 0 Å². The molecule has 2 heterocycles. The van der Waals surface area contributed by atoms with Crippen LogP contribution < -0.4 is 0 Å². The molecule has 0 N–H and O–H groups in total. The van der Waals surface area contributed by atoms with Crippen molar-refractivity contribution in [3.63, 3.8) is 0 Å². The molecule has 1 unspecified atom stereocenters. The van der Waals surface area contributed by atoms with Gasteiger partial charge < -0.3 is 9.64 Å². The van der Waals surface area contributed by atoms with Crippen LogP contribution in [-0.2, 0) is 4.74 Å². The van der Waals surface area contributed by atoms with Crippen molar-refractivity contribution in [1.82, 2.24) is 9.80 Å². The van der Waals surface area contributed by atoms with E-state index in [-0.39, 0.29) is 0 Å². The zero-order valence-electron chi connectivity index (χ0n) is 10.9. The summed E-state index contributed by atoms with van der Waals surface area (Å²) in [4.78, 5) is 5.84. The molecule has 2 saturated heterocycles. The van der Waals surface area contributed by atoms with Gasteiger partial charge in [0.2, 0.25) is 0 Å². The minimum Gasteiger partial charge on any atom is -0.379 e. The van der Waals surface area contributed by atoms with Crippen molar-refractivity contribution in [3.05, 3.63) is 0 Å². The molecule has 17 heavy (non-hydrogen) atoms. The Morgan fingerprint density at radius 3 is 2.12 bits per heavy atom. The van der Waals surface area contributed by atoms with Crippen molar-refractivity contribution in [2.75, 3.05) is 52.5 Å². The van der Waals surface area contributed by atoms with E-state index in [9.17, 15) is 0 Å². The third kappa shape index (κ3) is 4.51. The van der Waals surface area contributed by atoms with Crippen molar-refractivity contribution in [3.8, 4) is 0 Å². The topological polar surface area (TPSA) is 15.7 Å². The quantitative estimate of drug-likeness (QED) is 0.737. The maximum Gasteiger partial charge on any atom is 0.0594 e. The summed E-state index contributed by atoms with van der Waals surface area (Å²) in [6.07, 6.45) is 2.71. The zero-order chi connectivity index (χ0) is 12.1. The summed E-state index contributed by atoms with van der Waals surface area (Å²) in [5, 5.41) is 0. The molecule has 0 spiro atoms. The van der Waals surface area contributed by atoms with Crippen LogP contribution in [0.2, 0.25) is 0 Å². The minimum atomic E-state index is 0.684. The molecule has 2 aliphatic rings. The zero-order valence-corrected chi connectivity index (χ0v) is 12.5. The first kappa shape index (κ1) is 13.8. The Hall–Kier alpha value is 0.360. The molecule has 1 atom stereocenters. The highest BCUT2D eigenvalue weighted by Gasteiger charge is 2.22. The number of nitrogens with zero attached hydrogens (tertiary/aromatic N) is 2. The molecule has 0 amide bonds. The molecule has 0 aliphatic carbocycles. The first-order valence-electron chi connectivity index (χ1n) is 6.92. The normalized spacial score (nSPS) is 27.2. The van der Waals surface area contributed by atoms with Crippen LogP contribution in [0.25, 0.3) is 0 Å². The van der Waals surface area contributed by atoms with Gasteiger partial charge in [-0.2, -0.15) is 0 Å². The molecule has 3 nitrogen and oxygen atoms in total. The molecule has 2 aliphatic heterocycles. The van der Waals surface area contributed by atoms with Gasteiger partial charge in [-0.3, -0.25) is 4.90 Å². The Bertz CT molecular complexity index is 211. The average molecular weight is 305 g/mol. The van der Waals surface area contributed by atoms with Gasteiger partial charge in [-0.05, 0) is 31.8 Å². The van der Waals surface area contributed by atoms with Crippen molar-refractivity contribution in [2.45, 2.75) is 24.6 Å². The van der Waals surface area contributed by atoms with Gasteiger partial charge in [0, 0.05) is 31.0 Å². The summed E-state index contributed by atoms with van der Waals surface area (Å²) >= 11 is 3.72. The predicted octanol–water partition coefficient (Wildman–Crippen LogP) is 1.81. The van der Waals surface area contributed by atoms with Gasteiger partial charge in [0.05, 0.1) is 13.2 Å². The van der Waals surface area contributed by atoms with E-state index in [1.165, 1.54) is 39.0 Å². The molecule has 4 heteroatoms. The lowest BCUT2D eigenvalue weighted by molar-refractivity contribution is 0.0314. The number of piperidine rings is 1. The monoisotopic (exact) mass is 304 g/mol. The van der Waals surface area contributed by atoms with Crippen LogP contribution in [0.5, 0.6) is 0 Å². The third-order valence-electron chi connectivity index (χ3n) is 4.12. The van der Waals surface area contributed by atoms with Gasteiger partial charge in [0.1, 0.15) is 0 Å². The second kappa shape index (κ2) is 7.07. The van der Waals surface area contributed by atoms with Crippen LogP contribution in [0, 0.1) is 5.92 Å². The first-order chi connectivity index (χ1) is 8.25. The summed E-state index contributed by atoms with van der Waals surface area (Å²) in [6, 6.07) is 0. The number of hydrogen-bond donors (Lipinski definition) is 0. The van der Waals surface area contributed by atoms with Crippen molar-refractivity contribution in [2.24, 2.45) is 5.92 Å². The summed E-state index contributed by atoms with van der Waals surface area (Å²) in [5.74, 6) is 0.884. The number of likely N-dealkylation sites (tertiary alicyclic amines) is 1. The molecule has 0 aromatic rings. The summed E-state index contributed by atoms with van der Waals surface area (Å²) in [5.41, 5.74) is 0. The average Bonchev–Trinajstić information content (AvgIpc) is 2.38. The highest BCUT2D eigenvalue weighted by molar-refractivity contribution is 9.09. The third-order valence-corrected chi connectivity index (χ3v) is 4.87. The van der Waals surface area contributed by atoms with Gasteiger partial charge in [0.25, 0.3) is 0 Å². The lowest BCUT2D eigenvalue weighted by Gasteiger charge is -2.35. The maximum atomic E-state index is 5.37. The molecule has 0 radical (unpaired) electrons. The van der Waals surface area contributed by atoms with Crippen LogP contribution in [0.1, 0.15) is 19.8 Å². The molecule has 2 rings (SSSR count). The Kier molecular flexibility index (Phi) is 5.74. The van der Waals surface area contributed by atoms with E-state index < -0.39 is 0 Å². The van der Waals surface area contributed by atoms with Crippen molar-refractivity contribution in [1.29, 1.82) is 0 Å². The van der Waals surface area contributed by atoms with E-state index in [0.29, 0.717) is 4.83 Å². The van der Waals surface area contributed by atoms with E-state index in [2.05, 4.69) is 32.7 Å². The Morgan fingerprint density at radius 1 is 1.06 bits per heavy atom. The van der Waals surface area contributed by atoms with Crippen LogP contribution in [-0.4, -0.2) is 67.1 Å². The van der Waals surface area contributed by atoms with Crippen LogP contribution in [0.4, 0.5) is 0 Å². The summed E-state index contributed by atoms with van der Waals surface area (Å²) < 4.78 is 5.37. The second-order valence-electron chi connectivity index (χ2n) is 5.31. The minimum absolute atomic E-state index is 0.684. The molecule has 100 valence electrons. The largest absolute Gasteiger partial charge is 0.379 e. The second-order valence-corrected chi connectivity index (χ2v) is 6.75. The fraction of sp³-hybridized carbons (Fsp3) is 1.00. The van der Waals surface area contributed by atoms with E-state index in [0.717, 1.165) is 32.2 Å². The predicted molar refractivity (Wildman–Crippen MR) is 74.8 cm³/mol. The van der Waals surface area contributed by atoms with E-state index >= 15 is 0 Å². The van der Waals surface area contributed by atoms with Crippen LogP contribution >= 0.6 is 15.9 Å². The number of rotatable bonds is 4. The van der Waals surface area contributed by atoms with E-state index in [4.69, 9.17) is 4.74 Å². The molecule has 0 bridgehead atoms. The number of halogens is 1. The molecule has 0 aromatic heterocycles. The summed E-state index contributed by atoms with van der Waals surface area (Å²) in [6.45, 7) is 11.4. The SMILES string of the molecule is CC(Br)C1CCN(CCN2CCOCC2)CC1. The van der Waals surface area contributed by atoms with Gasteiger partial charge in [-0.25, -0.2) is 0 Å². The number of hydrogen-bond acceptors (Lipinski definition) is 3. The van der Waals surface area contributed by atoms with Crippen LogP contribution in [0.3, 0.4) is 0 Å². The standard InChI is InChI=1S/C13H25BrN2O/c1-12(14)13-2-4-15(5-3-13)6-7-16-8-10-17-11-9-16/h12-13H,2-11H2,1H3. The lowest BCUT2D eigenvalue weighted by atomic mass is 9.94. The van der Waals surface area contributed by atoms with Crippen LogP contribution in [0.15, 0.2) is 0 Å². The van der Waals surface area contributed by atoms with Gasteiger partial charge in [0.15, 0.2) is 0 Å². The molecule has 2 fully saturated rings. The highest BCUT2D eigenvalue weighted by Crippen LogP contribution is 2.24. The maximum absolute atomic E-state index is 5.37. The van der Waals surface area contributed by atoms with E-state index in [1.54, 1.807) is 0 Å². The molecular formula is C13H25BrN2O. The molecule has 0 aromatic carbocycles. The van der Waals surface area contributed by atoms with Crippen molar-refractivity contribution >= 4 is 15.9 Å². The number of ether oxygens (including phenoxy) is 1. The Labute approximate surface area is 114 Å². The van der Waals surface area contributed by atoms with Gasteiger partial charge >= 0.3 is 0 Å². The van der Waals surface area contributed by atoms with E-state index in [1.807, 2.05) is 0 Å². The number of alkyl halides is 1. The highest BCUT2D eigenvalue weighted by atomic mass is 79.9. The fourth-order valence-corrected chi connectivity index (χ4v) is 3.27. The number of morpholine rings is 1. The molecular weight excluding hydrogens is 280 g/mol. The van der Waals surface area contributed by atoms with Gasteiger partial charge in [-0.1, -0.05) is 22.9 Å². The van der Waals surface area contributed by atoms with Crippen molar-refractivity contribution < 1.29 is 4.74 Å². The summed E-state index contributed by atoms with van der Waals surface area (Å²) in [7, 11) is 0. The Balaban J connectivity index is 1.61.